The van der Waals surface area contributed by atoms with E-state index >= 15 is 0 Å². The van der Waals surface area contributed by atoms with Crippen LogP contribution in [0.3, 0.4) is 0 Å². The number of carbonyl (C=O) groups excluding carboxylic acids is 1. The van der Waals surface area contributed by atoms with Crippen LogP contribution in [-0.2, 0) is 6.61 Å². The van der Waals surface area contributed by atoms with Crippen molar-refractivity contribution in [2.75, 3.05) is 7.11 Å². The van der Waals surface area contributed by atoms with Crippen molar-refractivity contribution >= 4 is 12.1 Å². The van der Waals surface area contributed by atoms with Gasteiger partial charge in [0.1, 0.15) is 12.4 Å². The van der Waals surface area contributed by atoms with Gasteiger partial charge < -0.3 is 14.6 Å². The first-order valence-corrected chi connectivity index (χ1v) is 9.04. The summed E-state index contributed by atoms with van der Waals surface area (Å²) in [4.78, 5) is 12.2. The zero-order chi connectivity index (χ0) is 20.6. The van der Waals surface area contributed by atoms with Crippen LogP contribution in [0.5, 0.6) is 17.2 Å². The maximum atomic E-state index is 12.2. The number of rotatable bonds is 7. The maximum absolute atomic E-state index is 12.2. The minimum atomic E-state index is -0.336. The van der Waals surface area contributed by atoms with Gasteiger partial charge in [-0.2, -0.15) is 5.10 Å². The summed E-state index contributed by atoms with van der Waals surface area (Å²) in [5.41, 5.74) is 5.90. The number of aromatic hydroxyl groups is 1. The number of benzene rings is 3. The summed E-state index contributed by atoms with van der Waals surface area (Å²) in [5.74, 6) is 0.721. The quantitative estimate of drug-likeness (QED) is 0.471. The lowest BCUT2D eigenvalue weighted by Crippen LogP contribution is -2.17. The molecule has 0 radical (unpaired) electrons. The van der Waals surface area contributed by atoms with Crippen LogP contribution in [0.2, 0.25) is 0 Å². The lowest BCUT2D eigenvalue weighted by atomic mass is 10.2. The molecule has 0 unspecified atom stereocenters. The van der Waals surface area contributed by atoms with Gasteiger partial charge in [-0.3, -0.25) is 4.79 Å². The van der Waals surface area contributed by atoms with Crippen molar-refractivity contribution in [3.63, 3.8) is 0 Å². The number of phenols is 1. The molecule has 0 aliphatic heterocycles. The molecule has 0 atom stereocenters. The zero-order valence-corrected chi connectivity index (χ0v) is 16.3. The molecule has 0 aliphatic carbocycles. The molecule has 0 bridgehead atoms. The number of hydrazone groups is 1. The fourth-order valence-electron chi connectivity index (χ4n) is 2.56. The molecule has 3 aromatic carbocycles. The highest BCUT2D eigenvalue weighted by Crippen LogP contribution is 2.25. The number of aryl methyl sites for hydroxylation is 1. The summed E-state index contributed by atoms with van der Waals surface area (Å²) in [6.07, 6.45) is 1.47. The summed E-state index contributed by atoms with van der Waals surface area (Å²) < 4.78 is 10.8. The predicted octanol–water partition coefficient (Wildman–Crippen LogP) is 4.05. The second-order valence-corrected chi connectivity index (χ2v) is 6.43. The molecule has 0 spiro atoms. The Kier molecular flexibility index (Phi) is 6.47. The molecule has 0 fully saturated rings. The van der Waals surface area contributed by atoms with Gasteiger partial charge in [-0.05, 0) is 60.5 Å². The van der Waals surface area contributed by atoms with E-state index < -0.39 is 0 Å². The Morgan fingerprint density at radius 2 is 1.79 bits per heavy atom. The summed E-state index contributed by atoms with van der Waals surface area (Å²) in [7, 11) is 1.46. The molecular weight excluding hydrogens is 368 g/mol. The van der Waals surface area contributed by atoms with Gasteiger partial charge in [0.15, 0.2) is 11.5 Å². The molecule has 6 heteroatoms. The van der Waals surface area contributed by atoms with Crippen molar-refractivity contribution in [2.45, 2.75) is 13.5 Å². The van der Waals surface area contributed by atoms with Crippen LogP contribution < -0.4 is 14.9 Å². The maximum Gasteiger partial charge on any atom is 0.271 e. The van der Waals surface area contributed by atoms with Gasteiger partial charge in [0.2, 0.25) is 0 Å². The van der Waals surface area contributed by atoms with E-state index in [0.29, 0.717) is 29.2 Å². The Morgan fingerprint density at radius 1 is 1.07 bits per heavy atom. The molecule has 3 aromatic rings. The lowest BCUT2D eigenvalue weighted by Gasteiger charge is -2.07. The Morgan fingerprint density at radius 3 is 2.48 bits per heavy atom. The minimum absolute atomic E-state index is 0.0402. The van der Waals surface area contributed by atoms with E-state index in [1.165, 1.54) is 25.0 Å². The number of nitrogens with zero attached hydrogens (tertiary/aromatic N) is 1. The first-order valence-electron chi connectivity index (χ1n) is 9.04. The second-order valence-electron chi connectivity index (χ2n) is 6.43. The molecule has 148 valence electrons. The SMILES string of the molecule is COc1cc(/C=N\NC(=O)c2ccc(OCc3ccc(C)cc3)cc2)ccc1O. The van der Waals surface area contributed by atoms with Gasteiger partial charge in [-0.15, -0.1) is 0 Å². The third-order valence-electron chi connectivity index (χ3n) is 4.23. The van der Waals surface area contributed by atoms with Crippen molar-refractivity contribution in [2.24, 2.45) is 5.10 Å². The van der Waals surface area contributed by atoms with E-state index in [4.69, 9.17) is 9.47 Å². The van der Waals surface area contributed by atoms with Crippen LogP contribution in [-0.4, -0.2) is 24.3 Å². The van der Waals surface area contributed by atoms with Gasteiger partial charge in [0, 0.05) is 5.56 Å². The Labute approximate surface area is 169 Å². The smallest absolute Gasteiger partial charge is 0.271 e. The third-order valence-corrected chi connectivity index (χ3v) is 4.23. The summed E-state index contributed by atoms with van der Waals surface area (Å²) in [5, 5.41) is 13.5. The average Bonchev–Trinajstić information content (AvgIpc) is 2.75. The van der Waals surface area contributed by atoms with Gasteiger partial charge in [0.05, 0.1) is 13.3 Å². The first-order chi connectivity index (χ1) is 14.0. The van der Waals surface area contributed by atoms with Gasteiger partial charge >= 0.3 is 0 Å². The number of ether oxygens (including phenoxy) is 2. The predicted molar refractivity (Wildman–Crippen MR) is 112 cm³/mol. The molecule has 6 nitrogen and oxygen atoms in total. The number of hydrogen-bond acceptors (Lipinski definition) is 5. The molecule has 0 saturated heterocycles. The largest absolute Gasteiger partial charge is 0.504 e. The number of nitrogens with one attached hydrogen (secondary N) is 1. The summed E-state index contributed by atoms with van der Waals surface area (Å²) >= 11 is 0. The second kappa shape index (κ2) is 9.41. The molecule has 0 saturated carbocycles. The van der Waals surface area contributed by atoms with E-state index in [-0.39, 0.29) is 11.7 Å². The molecule has 3 rings (SSSR count). The number of phenolic OH excluding ortho intramolecular Hbond substituents is 1. The van der Waals surface area contributed by atoms with E-state index in [1.807, 2.05) is 31.2 Å². The normalized spacial score (nSPS) is 10.7. The van der Waals surface area contributed by atoms with Gasteiger partial charge in [-0.1, -0.05) is 29.8 Å². The molecule has 0 aliphatic rings. The van der Waals surface area contributed by atoms with Crippen LogP contribution in [0.15, 0.2) is 71.8 Å². The Balaban J connectivity index is 1.54. The van der Waals surface area contributed by atoms with Gasteiger partial charge in [-0.25, -0.2) is 5.43 Å². The highest BCUT2D eigenvalue weighted by molar-refractivity contribution is 5.95. The molecule has 1 amide bonds. The highest BCUT2D eigenvalue weighted by Gasteiger charge is 2.05. The van der Waals surface area contributed by atoms with Crippen LogP contribution >= 0.6 is 0 Å². The van der Waals surface area contributed by atoms with E-state index in [1.54, 1.807) is 36.4 Å². The number of carbonyl (C=O) groups is 1. The van der Waals surface area contributed by atoms with Crippen molar-refractivity contribution in [3.05, 3.63) is 89.0 Å². The topological polar surface area (TPSA) is 80.2 Å². The molecule has 0 aromatic heterocycles. The van der Waals surface area contributed by atoms with E-state index in [2.05, 4.69) is 10.5 Å². The molecule has 2 N–H and O–H groups in total. The molecule has 29 heavy (non-hydrogen) atoms. The summed E-state index contributed by atoms with van der Waals surface area (Å²) in [6.45, 7) is 2.51. The van der Waals surface area contributed by atoms with Crippen molar-refractivity contribution < 1.29 is 19.4 Å². The van der Waals surface area contributed by atoms with Crippen molar-refractivity contribution in [3.8, 4) is 17.2 Å². The zero-order valence-electron chi connectivity index (χ0n) is 16.3. The van der Waals surface area contributed by atoms with Crippen LogP contribution in [0.25, 0.3) is 0 Å². The minimum Gasteiger partial charge on any atom is -0.504 e. The Bertz CT molecular complexity index is 996. The first kappa shape index (κ1) is 19.9. The Hall–Kier alpha value is -3.80. The van der Waals surface area contributed by atoms with E-state index in [9.17, 15) is 9.90 Å². The standard InChI is InChI=1S/C23H22N2O4/c1-16-3-5-17(6-4-16)15-29-20-10-8-19(9-11-20)23(27)25-24-14-18-7-12-21(26)22(13-18)28-2/h3-14,26H,15H2,1-2H3,(H,25,27)/b24-14-. The van der Waals surface area contributed by atoms with Gasteiger partial charge in [0.25, 0.3) is 5.91 Å². The van der Waals surface area contributed by atoms with Crippen LogP contribution in [0.4, 0.5) is 0 Å². The number of methoxy groups -OCH3 is 1. The van der Waals surface area contributed by atoms with Crippen LogP contribution in [0.1, 0.15) is 27.0 Å². The average molecular weight is 390 g/mol. The monoisotopic (exact) mass is 390 g/mol. The highest BCUT2D eigenvalue weighted by atomic mass is 16.5. The molecular formula is C23H22N2O4. The molecule has 0 heterocycles. The van der Waals surface area contributed by atoms with E-state index in [0.717, 1.165) is 5.56 Å². The number of amides is 1. The van der Waals surface area contributed by atoms with Crippen LogP contribution in [0, 0.1) is 6.92 Å². The fraction of sp³-hybridized carbons (Fsp3) is 0.130. The lowest BCUT2D eigenvalue weighted by molar-refractivity contribution is 0.0955. The number of hydrogen-bond donors (Lipinski definition) is 2. The summed E-state index contributed by atoms with van der Waals surface area (Å²) in [6, 6.07) is 19.8. The fourth-order valence-corrected chi connectivity index (χ4v) is 2.56. The van der Waals surface area contributed by atoms with Crippen molar-refractivity contribution in [1.29, 1.82) is 0 Å². The third kappa shape index (κ3) is 5.59. The van der Waals surface area contributed by atoms with Crippen molar-refractivity contribution in [1.82, 2.24) is 5.43 Å².